The smallest absolute Gasteiger partial charge is 0.361 e. The molecule has 2 aromatic heterocycles. The first-order valence-electron chi connectivity index (χ1n) is 7.55. The van der Waals surface area contributed by atoms with Gasteiger partial charge >= 0.3 is 5.97 Å². The Morgan fingerprint density at radius 2 is 2.17 bits per heavy atom. The number of ether oxygens (including phenoxy) is 2. The third-order valence-corrected chi connectivity index (χ3v) is 3.33. The lowest BCUT2D eigenvalue weighted by molar-refractivity contribution is 0.0520. The molecular formula is C16H17N5O3. The molecule has 3 rings (SSSR count). The molecule has 24 heavy (non-hydrogen) atoms. The number of imidazole rings is 1. The Hall–Kier alpha value is -3.16. The summed E-state index contributed by atoms with van der Waals surface area (Å²) in [6.07, 6.45) is 5.31. The average Bonchev–Trinajstić information content (AvgIpc) is 3.27. The van der Waals surface area contributed by atoms with Crippen molar-refractivity contribution in [2.75, 3.05) is 13.2 Å². The molecule has 1 N–H and O–H groups in total. The van der Waals surface area contributed by atoms with Crippen molar-refractivity contribution in [2.45, 2.75) is 13.5 Å². The highest BCUT2D eigenvalue weighted by molar-refractivity contribution is 5.94. The van der Waals surface area contributed by atoms with Gasteiger partial charge in [0.15, 0.2) is 5.69 Å². The fraction of sp³-hybridized carbons (Fsp3) is 0.250. The van der Waals surface area contributed by atoms with Crippen molar-refractivity contribution in [1.29, 1.82) is 0 Å². The van der Waals surface area contributed by atoms with Crippen molar-refractivity contribution in [2.24, 2.45) is 0 Å². The molecule has 2 heterocycles. The number of benzene rings is 1. The van der Waals surface area contributed by atoms with Gasteiger partial charge in [0, 0.05) is 18.0 Å². The van der Waals surface area contributed by atoms with Gasteiger partial charge < -0.3 is 14.0 Å². The van der Waals surface area contributed by atoms with Crippen molar-refractivity contribution >= 4 is 5.97 Å². The molecule has 0 amide bonds. The minimum absolute atomic E-state index is 0.141. The van der Waals surface area contributed by atoms with Crippen LogP contribution < -0.4 is 4.74 Å². The lowest BCUT2D eigenvalue weighted by atomic mass is 10.1. The fourth-order valence-electron chi connectivity index (χ4n) is 2.23. The summed E-state index contributed by atoms with van der Waals surface area (Å²) in [5.74, 6) is 0.103. The van der Waals surface area contributed by atoms with E-state index in [4.69, 9.17) is 9.47 Å². The van der Waals surface area contributed by atoms with E-state index in [9.17, 15) is 4.79 Å². The van der Waals surface area contributed by atoms with E-state index in [0.717, 1.165) is 0 Å². The number of hydrogen-bond donors (Lipinski definition) is 1. The average molecular weight is 327 g/mol. The second-order valence-electron chi connectivity index (χ2n) is 4.89. The summed E-state index contributed by atoms with van der Waals surface area (Å²) >= 11 is 0. The standard InChI is InChI=1S/C16H17N5O3/c1-2-23-16(22)15-14(18-20-19-15)12-5-3-4-6-13(12)24-10-9-21-8-7-17-11-21/h3-8,11H,2,9-10H2,1H3,(H,18,19,20). The van der Waals surface area contributed by atoms with Gasteiger partial charge in [-0.2, -0.15) is 10.3 Å². The van der Waals surface area contributed by atoms with E-state index >= 15 is 0 Å². The van der Waals surface area contributed by atoms with E-state index < -0.39 is 5.97 Å². The highest BCUT2D eigenvalue weighted by Crippen LogP contribution is 2.30. The number of carbonyl (C=O) groups is 1. The molecule has 8 nitrogen and oxygen atoms in total. The van der Waals surface area contributed by atoms with Crippen molar-refractivity contribution in [1.82, 2.24) is 25.0 Å². The van der Waals surface area contributed by atoms with E-state index in [1.165, 1.54) is 0 Å². The topological polar surface area (TPSA) is 94.9 Å². The lowest BCUT2D eigenvalue weighted by Gasteiger charge is -2.11. The normalized spacial score (nSPS) is 10.5. The molecule has 0 bridgehead atoms. The minimum Gasteiger partial charge on any atom is -0.491 e. The van der Waals surface area contributed by atoms with Gasteiger partial charge in [-0.05, 0) is 19.1 Å². The number of nitrogens with one attached hydrogen (secondary N) is 1. The Balaban J connectivity index is 1.79. The predicted molar refractivity (Wildman–Crippen MR) is 85.5 cm³/mol. The molecule has 0 atom stereocenters. The van der Waals surface area contributed by atoms with Crippen LogP contribution in [0.15, 0.2) is 43.0 Å². The molecule has 0 aliphatic heterocycles. The molecule has 0 spiro atoms. The van der Waals surface area contributed by atoms with Crippen molar-refractivity contribution in [3.8, 4) is 17.0 Å². The highest BCUT2D eigenvalue weighted by atomic mass is 16.5. The van der Waals surface area contributed by atoms with Gasteiger partial charge in [-0.25, -0.2) is 9.78 Å². The van der Waals surface area contributed by atoms with Crippen LogP contribution in [0.25, 0.3) is 11.3 Å². The second-order valence-corrected chi connectivity index (χ2v) is 4.89. The van der Waals surface area contributed by atoms with Crippen molar-refractivity contribution in [3.63, 3.8) is 0 Å². The summed E-state index contributed by atoms with van der Waals surface area (Å²) in [7, 11) is 0. The molecule has 0 fully saturated rings. The largest absolute Gasteiger partial charge is 0.491 e. The van der Waals surface area contributed by atoms with E-state index in [0.29, 0.717) is 30.2 Å². The molecule has 0 aliphatic rings. The number of nitrogens with zero attached hydrogens (tertiary/aromatic N) is 4. The maximum absolute atomic E-state index is 12.0. The monoisotopic (exact) mass is 327 g/mol. The van der Waals surface area contributed by atoms with E-state index in [2.05, 4.69) is 20.4 Å². The Labute approximate surface area is 138 Å². The van der Waals surface area contributed by atoms with Crippen LogP contribution >= 0.6 is 0 Å². The predicted octanol–water partition coefficient (Wildman–Crippen LogP) is 1.92. The van der Waals surface area contributed by atoms with Gasteiger partial charge in [0.05, 0.1) is 19.5 Å². The zero-order chi connectivity index (χ0) is 16.8. The maximum Gasteiger partial charge on any atom is 0.361 e. The van der Waals surface area contributed by atoms with Crippen LogP contribution in [0.4, 0.5) is 0 Å². The van der Waals surface area contributed by atoms with Crippen LogP contribution in [0.1, 0.15) is 17.4 Å². The summed E-state index contributed by atoms with van der Waals surface area (Å²) in [6.45, 7) is 3.14. The number of esters is 1. The maximum atomic E-state index is 12.0. The number of carbonyl (C=O) groups excluding carboxylic acids is 1. The zero-order valence-electron chi connectivity index (χ0n) is 13.2. The van der Waals surface area contributed by atoms with Crippen molar-refractivity contribution < 1.29 is 14.3 Å². The third-order valence-electron chi connectivity index (χ3n) is 3.33. The van der Waals surface area contributed by atoms with Gasteiger partial charge in [-0.1, -0.05) is 12.1 Å². The molecule has 0 radical (unpaired) electrons. The fourth-order valence-corrected chi connectivity index (χ4v) is 2.23. The number of rotatable bonds is 7. The Morgan fingerprint density at radius 3 is 2.96 bits per heavy atom. The number of hydrogen-bond acceptors (Lipinski definition) is 6. The molecule has 8 heteroatoms. The van der Waals surface area contributed by atoms with Crippen LogP contribution in [-0.4, -0.2) is 44.1 Å². The van der Waals surface area contributed by atoms with Gasteiger partial charge in [-0.3, -0.25) is 0 Å². The molecule has 0 saturated heterocycles. The van der Waals surface area contributed by atoms with E-state index in [1.807, 2.05) is 35.0 Å². The Morgan fingerprint density at radius 1 is 1.29 bits per heavy atom. The van der Waals surface area contributed by atoms with Gasteiger partial charge in [0.2, 0.25) is 0 Å². The minimum atomic E-state index is -0.519. The summed E-state index contributed by atoms with van der Waals surface area (Å²) in [5.41, 5.74) is 1.23. The lowest BCUT2D eigenvalue weighted by Crippen LogP contribution is -2.09. The molecule has 0 aliphatic carbocycles. The van der Waals surface area contributed by atoms with Gasteiger partial charge in [-0.15, -0.1) is 5.10 Å². The van der Waals surface area contributed by atoms with Gasteiger partial charge in [0.1, 0.15) is 18.1 Å². The first-order valence-corrected chi connectivity index (χ1v) is 7.55. The SMILES string of the molecule is CCOC(=O)c1n[nH]nc1-c1ccccc1OCCn1ccnc1. The van der Waals surface area contributed by atoms with E-state index in [-0.39, 0.29) is 12.3 Å². The van der Waals surface area contributed by atoms with Crippen LogP contribution in [-0.2, 0) is 11.3 Å². The molecule has 0 saturated carbocycles. The summed E-state index contributed by atoms with van der Waals surface area (Å²) in [5, 5.41) is 10.4. The summed E-state index contributed by atoms with van der Waals surface area (Å²) in [6, 6.07) is 7.36. The van der Waals surface area contributed by atoms with Crippen LogP contribution in [0.5, 0.6) is 5.75 Å². The first-order chi connectivity index (χ1) is 11.8. The summed E-state index contributed by atoms with van der Waals surface area (Å²) in [4.78, 5) is 16.0. The third kappa shape index (κ3) is 3.43. The zero-order valence-corrected chi connectivity index (χ0v) is 13.2. The molecule has 124 valence electrons. The quantitative estimate of drug-likeness (QED) is 0.666. The number of para-hydroxylation sites is 1. The molecule has 0 unspecified atom stereocenters. The Bertz CT molecular complexity index is 798. The van der Waals surface area contributed by atoms with Crippen LogP contribution in [0, 0.1) is 0 Å². The highest BCUT2D eigenvalue weighted by Gasteiger charge is 2.21. The van der Waals surface area contributed by atoms with Crippen molar-refractivity contribution in [3.05, 3.63) is 48.7 Å². The van der Waals surface area contributed by atoms with E-state index in [1.54, 1.807) is 19.4 Å². The second kappa shape index (κ2) is 7.40. The molecular weight excluding hydrogens is 310 g/mol. The van der Waals surface area contributed by atoms with Crippen LogP contribution in [0.3, 0.4) is 0 Å². The van der Waals surface area contributed by atoms with Gasteiger partial charge in [0.25, 0.3) is 0 Å². The molecule has 1 aromatic carbocycles. The summed E-state index contributed by atoms with van der Waals surface area (Å²) < 4.78 is 12.8. The number of H-pyrrole nitrogens is 1. The first kappa shape index (κ1) is 15.7. The van der Waals surface area contributed by atoms with Crippen LogP contribution in [0.2, 0.25) is 0 Å². The number of aromatic nitrogens is 5. The molecule has 3 aromatic rings. The number of aromatic amines is 1. The Kier molecular flexibility index (Phi) is 4.85.